The summed E-state index contributed by atoms with van der Waals surface area (Å²) in [5, 5.41) is 8.75. The molecule has 0 radical (unpaired) electrons. The van der Waals surface area contributed by atoms with Crippen molar-refractivity contribution in [3.63, 3.8) is 0 Å². The van der Waals surface area contributed by atoms with Gasteiger partial charge in [-0.05, 0) is 30.5 Å². The number of aliphatic hydroxyl groups excluding tert-OH is 1. The largest absolute Gasteiger partial charge is 0.493 e. The van der Waals surface area contributed by atoms with Gasteiger partial charge in [0.05, 0.1) is 19.8 Å². The van der Waals surface area contributed by atoms with Crippen LogP contribution >= 0.6 is 0 Å². The first-order chi connectivity index (χ1) is 8.22. The third-order valence-corrected chi connectivity index (χ3v) is 3.04. The molecular weight excluding hydrogens is 216 g/mol. The second kappa shape index (κ2) is 5.52. The van der Waals surface area contributed by atoms with E-state index in [1.54, 1.807) is 0 Å². The zero-order valence-corrected chi connectivity index (χ0v) is 10.3. The predicted molar refractivity (Wildman–Crippen MR) is 66.3 cm³/mol. The molecule has 1 aromatic carbocycles. The molecule has 2 rings (SSSR count). The Balaban J connectivity index is 1.81. The number of hydrogen-bond donors (Lipinski definition) is 1. The number of hydrogen-bond acceptors (Lipinski definition) is 3. The molecule has 0 spiro atoms. The molecule has 1 fully saturated rings. The van der Waals surface area contributed by atoms with E-state index in [4.69, 9.17) is 14.6 Å². The third-order valence-electron chi connectivity index (χ3n) is 3.04. The first-order valence-electron chi connectivity index (χ1n) is 6.12. The molecule has 1 aliphatic rings. The quantitative estimate of drug-likeness (QED) is 0.821. The normalized spacial score (nSPS) is 17.5. The molecule has 1 N–H and O–H groups in total. The minimum absolute atomic E-state index is 0.190. The fourth-order valence-corrected chi connectivity index (χ4v) is 1.83. The Bertz CT molecular complexity index is 341. The average Bonchev–Trinajstić information content (AvgIpc) is 2.33. The molecule has 0 aromatic heterocycles. The molecule has 0 unspecified atom stereocenters. The predicted octanol–water partition coefficient (Wildman–Crippen LogP) is 2.03. The second-order valence-corrected chi connectivity index (χ2v) is 5.06. The van der Waals surface area contributed by atoms with Crippen molar-refractivity contribution in [1.29, 1.82) is 0 Å². The number of benzene rings is 1. The number of aryl methyl sites for hydroxylation is 1. The maximum atomic E-state index is 8.75. The van der Waals surface area contributed by atoms with Gasteiger partial charge in [0, 0.05) is 12.0 Å². The molecule has 94 valence electrons. The second-order valence-electron chi connectivity index (χ2n) is 5.06. The van der Waals surface area contributed by atoms with Gasteiger partial charge in [0.25, 0.3) is 0 Å². The molecule has 3 nitrogen and oxygen atoms in total. The number of aliphatic hydroxyl groups is 1. The number of rotatable bonds is 6. The number of ether oxygens (including phenoxy) is 2. The maximum Gasteiger partial charge on any atom is 0.119 e. The highest BCUT2D eigenvalue weighted by Crippen LogP contribution is 2.27. The average molecular weight is 236 g/mol. The van der Waals surface area contributed by atoms with Crippen LogP contribution in [0.4, 0.5) is 0 Å². The zero-order chi connectivity index (χ0) is 12.1. The van der Waals surface area contributed by atoms with E-state index in [0.29, 0.717) is 6.61 Å². The molecule has 0 atom stereocenters. The van der Waals surface area contributed by atoms with Gasteiger partial charge in [-0.3, -0.25) is 0 Å². The van der Waals surface area contributed by atoms with Crippen molar-refractivity contribution in [3.05, 3.63) is 29.8 Å². The van der Waals surface area contributed by atoms with Crippen molar-refractivity contribution in [2.24, 2.45) is 5.41 Å². The zero-order valence-electron chi connectivity index (χ0n) is 10.3. The van der Waals surface area contributed by atoms with Crippen molar-refractivity contribution >= 4 is 0 Å². The monoisotopic (exact) mass is 236 g/mol. The van der Waals surface area contributed by atoms with Gasteiger partial charge in [0.2, 0.25) is 0 Å². The Hall–Kier alpha value is -1.06. The Labute approximate surface area is 102 Å². The summed E-state index contributed by atoms with van der Waals surface area (Å²) in [5.41, 5.74) is 1.43. The highest BCUT2D eigenvalue weighted by Gasteiger charge is 2.34. The van der Waals surface area contributed by atoms with Crippen molar-refractivity contribution in [3.8, 4) is 5.75 Å². The van der Waals surface area contributed by atoms with Gasteiger partial charge < -0.3 is 14.6 Å². The van der Waals surface area contributed by atoms with Crippen LogP contribution in [-0.4, -0.2) is 31.5 Å². The fourth-order valence-electron chi connectivity index (χ4n) is 1.83. The van der Waals surface area contributed by atoms with Crippen LogP contribution in [0.1, 0.15) is 18.9 Å². The molecule has 3 heteroatoms. The summed E-state index contributed by atoms with van der Waals surface area (Å²) in [6.45, 7) is 4.72. The van der Waals surface area contributed by atoms with Gasteiger partial charge in [-0.2, -0.15) is 0 Å². The van der Waals surface area contributed by atoms with Gasteiger partial charge in [0.15, 0.2) is 0 Å². The van der Waals surface area contributed by atoms with Crippen LogP contribution in [-0.2, 0) is 11.2 Å². The van der Waals surface area contributed by atoms with Crippen molar-refractivity contribution in [2.45, 2.75) is 19.8 Å². The van der Waals surface area contributed by atoms with Crippen LogP contribution in [0, 0.1) is 5.41 Å². The smallest absolute Gasteiger partial charge is 0.119 e. The van der Waals surface area contributed by atoms with Crippen LogP contribution in [0.25, 0.3) is 0 Å². The van der Waals surface area contributed by atoms with Crippen LogP contribution in [0.5, 0.6) is 5.75 Å². The summed E-state index contributed by atoms with van der Waals surface area (Å²) < 4.78 is 10.9. The van der Waals surface area contributed by atoms with E-state index in [2.05, 4.69) is 19.1 Å². The molecule has 1 heterocycles. The minimum atomic E-state index is 0.190. The fraction of sp³-hybridized carbons (Fsp3) is 0.571. The lowest BCUT2D eigenvalue weighted by molar-refractivity contribution is -0.120. The summed E-state index contributed by atoms with van der Waals surface area (Å²) in [5.74, 6) is 0.908. The lowest BCUT2D eigenvalue weighted by Gasteiger charge is -2.37. The van der Waals surface area contributed by atoms with Crippen molar-refractivity contribution in [2.75, 3.05) is 26.4 Å². The summed E-state index contributed by atoms with van der Waals surface area (Å²) in [7, 11) is 0. The third kappa shape index (κ3) is 3.45. The first-order valence-corrected chi connectivity index (χ1v) is 6.12. The lowest BCUT2D eigenvalue weighted by Crippen LogP contribution is -2.44. The SMILES string of the molecule is CC1(COc2ccc(CCCO)cc2)COC1. The molecule has 17 heavy (non-hydrogen) atoms. The molecule has 1 saturated heterocycles. The van der Waals surface area contributed by atoms with E-state index in [1.165, 1.54) is 5.56 Å². The highest BCUT2D eigenvalue weighted by atomic mass is 16.5. The van der Waals surface area contributed by atoms with Crippen LogP contribution < -0.4 is 4.74 Å². The van der Waals surface area contributed by atoms with Gasteiger partial charge in [0.1, 0.15) is 5.75 Å². The lowest BCUT2D eigenvalue weighted by atomic mass is 9.90. The van der Waals surface area contributed by atoms with E-state index in [0.717, 1.165) is 31.8 Å². The molecule has 1 aromatic rings. The maximum absolute atomic E-state index is 8.75. The topological polar surface area (TPSA) is 38.7 Å². The Morgan fingerprint density at radius 3 is 2.53 bits per heavy atom. The van der Waals surface area contributed by atoms with E-state index in [1.807, 2.05) is 12.1 Å². The van der Waals surface area contributed by atoms with E-state index in [9.17, 15) is 0 Å². The van der Waals surface area contributed by atoms with Gasteiger partial charge in [-0.25, -0.2) is 0 Å². The molecule has 0 bridgehead atoms. The van der Waals surface area contributed by atoms with Gasteiger partial charge in [-0.15, -0.1) is 0 Å². The molecular formula is C14H20O3. The van der Waals surface area contributed by atoms with E-state index in [-0.39, 0.29) is 12.0 Å². The molecule has 1 aliphatic heterocycles. The van der Waals surface area contributed by atoms with E-state index < -0.39 is 0 Å². The summed E-state index contributed by atoms with van der Waals surface area (Å²) in [6.07, 6.45) is 1.73. The van der Waals surface area contributed by atoms with Gasteiger partial charge in [-0.1, -0.05) is 19.1 Å². The standard InChI is InChI=1S/C14H20O3/c1-14(9-16-10-14)11-17-13-6-4-12(5-7-13)3-2-8-15/h4-7,15H,2-3,8-11H2,1H3. The molecule has 0 saturated carbocycles. The highest BCUT2D eigenvalue weighted by molar-refractivity contribution is 5.27. The summed E-state index contributed by atoms with van der Waals surface area (Å²) >= 11 is 0. The van der Waals surface area contributed by atoms with Gasteiger partial charge >= 0.3 is 0 Å². The van der Waals surface area contributed by atoms with E-state index >= 15 is 0 Å². The Kier molecular flexibility index (Phi) is 4.02. The van der Waals surface area contributed by atoms with Crippen LogP contribution in [0.15, 0.2) is 24.3 Å². The minimum Gasteiger partial charge on any atom is -0.493 e. The molecule has 0 amide bonds. The van der Waals surface area contributed by atoms with Crippen LogP contribution in [0.2, 0.25) is 0 Å². The van der Waals surface area contributed by atoms with Crippen LogP contribution in [0.3, 0.4) is 0 Å². The first kappa shape index (κ1) is 12.4. The summed E-state index contributed by atoms with van der Waals surface area (Å²) in [4.78, 5) is 0. The summed E-state index contributed by atoms with van der Waals surface area (Å²) in [6, 6.07) is 8.11. The molecule has 0 aliphatic carbocycles. The van der Waals surface area contributed by atoms with Crippen molar-refractivity contribution in [1.82, 2.24) is 0 Å². The Morgan fingerprint density at radius 1 is 1.29 bits per heavy atom. The van der Waals surface area contributed by atoms with Crippen molar-refractivity contribution < 1.29 is 14.6 Å². The Morgan fingerprint density at radius 2 is 2.00 bits per heavy atom.